The minimum absolute atomic E-state index is 0.0579. The van der Waals surface area contributed by atoms with Gasteiger partial charge in [0, 0.05) is 10.0 Å². The van der Waals surface area contributed by atoms with Crippen molar-refractivity contribution in [1.82, 2.24) is 0 Å². The van der Waals surface area contributed by atoms with Gasteiger partial charge in [-0.1, -0.05) is 15.9 Å². The molecule has 0 aliphatic carbocycles. The molecule has 6 heteroatoms. The second kappa shape index (κ2) is 5.19. The second-order valence-electron chi connectivity index (χ2n) is 4.50. The molecule has 0 amide bonds. The number of sulfone groups is 1. The number of benzene rings is 1. The van der Waals surface area contributed by atoms with Crippen molar-refractivity contribution in [3.63, 3.8) is 0 Å². The lowest BCUT2D eigenvalue weighted by Gasteiger charge is -2.17. The first-order chi connectivity index (χ1) is 8.37. The van der Waals surface area contributed by atoms with Gasteiger partial charge in [0.2, 0.25) is 0 Å². The summed E-state index contributed by atoms with van der Waals surface area (Å²) in [6.07, 6.45) is -0.457. The SMILES string of the molecule is C[C@H](O)c1cc(Br)ccc1OC1CCS(=O)(=O)C1. The summed E-state index contributed by atoms with van der Waals surface area (Å²) >= 11 is 3.33. The Labute approximate surface area is 115 Å². The summed E-state index contributed by atoms with van der Waals surface area (Å²) in [5.41, 5.74) is 0.661. The van der Waals surface area contributed by atoms with Crippen molar-refractivity contribution < 1.29 is 18.3 Å². The van der Waals surface area contributed by atoms with Crippen LogP contribution in [0.5, 0.6) is 5.75 Å². The van der Waals surface area contributed by atoms with Crippen LogP contribution in [0, 0.1) is 0 Å². The van der Waals surface area contributed by atoms with Crippen LogP contribution < -0.4 is 4.74 Å². The summed E-state index contributed by atoms with van der Waals surface area (Å²) in [5.74, 6) is 0.788. The molecule has 1 heterocycles. The average molecular weight is 335 g/mol. The van der Waals surface area contributed by atoms with Gasteiger partial charge in [0.15, 0.2) is 9.84 Å². The van der Waals surface area contributed by atoms with Crippen LogP contribution in [0.4, 0.5) is 0 Å². The third kappa shape index (κ3) is 3.24. The molecule has 1 unspecified atom stereocenters. The van der Waals surface area contributed by atoms with Crippen LogP contribution in [0.1, 0.15) is 25.0 Å². The van der Waals surface area contributed by atoms with Crippen LogP contribution >= 0.6 is 15.9 Å². The second-order valence-corrected chi connectivity index (χ2v) is 7.65. The molecule has 0 bridgehead atoms. The van der Waals surface area contributed by atoms with Crippen LogP contribution in [0.3, 0.4) is 0 Å². The van der Waals surface area contributed by atoms with E-state index in [2.05, 4.69) is 15.9 Å². The van der Waals surface area contributed by atoms with Gasteiger partial charge in [-0.3, -0.25) is 0 Å². The quantitative estimate of drug-likeness (QED) is 0.919. The maximum Gasteiger partial charge on any atom is 0.154 e. The Balaban J connectivity index is 2.19. The lowest BCUT2D eigenvalue weighted by Crippen LogP contribution is -2.18. The van der Waals surface area contributed by atoms with E-state index in [0.717, 1.165) is 4.47 Å². The molecule has 2 atom stereocenters. The highest BCUT2D eigenvalue weighted by Gasteiger charge is 2.30. The number of halogens is 1. The molecule has 0 radical (unpaired) electrons. The van der Waals surface area contributed by atoms with E-state index in [-0.39, 0.29) is 17.6 Å². The Kier molecular flexibility index (Phi) is 3.99. The van der Waals surface area contributed by atoms with Crippen molar-refractivity contribution in [2.24, 2.45) is 0 Å². The molecule has 4 nitrogen and oxygen atoms in total. The van der Waals surface area contributed by atoms with Crippen molar-refractivity contribution in [3.8, 4) is 5.75 Å². The number of aliphatic hydroxyl groups is 1. The molecule has 2 rings (SSSR count). The number of hydrogen-bond donors (Lipinski definition) is 1. The molecule has 1 aliphatic rings. The molecule has 18 heavy (non-hydrogen) atoms. The molecular weight excluding hydrogens is 320 g/mol. The molecule has 1 aromatic carbocycles. The largest absolute Gasteiger partial charge is 0.489 e. The van der Waals surface area contributed by atoms with Gasteiger partial charge < -0.3 is 9.84 Å². The molecule has 1 N–H and O–H groups in total. The fourth-order valence-corrected chi connectivity index (χ4v) is 3.96. The minimum atomic E-state index is -2.95. The molecule has 0 saturated carbocycles. The van der Waals surface area contributed by atoms with E-state index in [1.807, 2.05) is 6.07 Å². The molecule has 0 aromatic heterocycles. The summed E-state index contributed by atoms with van der Waals surface area (Å²) in [6.45, 7) is 1.65. The Morgan fingerprint density at radius 3 is 2.78 bits per heavy atom. The average Bonchev–Trinajstić information content (AvgIpc) is 2.60. The van der Waals surface area contributed by atoms with Crippen molar-refractivity contribution in [3.05, 3.63) is 28.2 Å². The van der Waals surface area contributed by atoms with Crippen LogP contribution in [-0.2, 0) is 9.84 Å². The molecule has 1 aliphatic heterocycles. The first-order valence-corrected chi connectivity index (χ1v) is 8.33. The Morgan fingerprint density at radius 1 is 1.50 bits per heavy atom. The number of ether oxygens (including phenoxy) is 1. The monoisotopic (exact) mass is 334 g/mol. The van der Waals surface area contributed by atoms with E-state index in [9.17, 15) is 13.5 Å². The summed E-state index contributed by atoms with van der Waals surface area (Å²) in [6, 6.07) is 5.34. The van der Waals surface area contributed by atoms with Gasteiger partial charge in [-0.15, -0.1) is 0 Å². The summed E-state index contributed by atoms with van der Waals surface area (Å²) in [4.78, 5) is 0. The van der Waals surface area contributed by atoms with E-state index < -0.39 is 15.9 Å². The molecule has 1 saturated heterocycles. The lowest BCUT2D eigenvalue weighted by atomic mass is 10.1. The van der Waals surface area contributed by atoms with E-state index in [4.69, 9.17) is 4.74 Å². The highest BCUT2D eigenvalue weighted by Crippen LogP contribution is 2.30. The zero-order valence-electron chi connectivity index (χ0n) is 9.97. The molecule has 1 aromatic rings. The highest BCUT2D eigenvalue weighted by molar-refractivity contribution is 9.10. The van der Waals surface area contributed by atoms with E-state index in [1.54, 1.807) is 19.1 Å². The summed E-state index contributed by atoms with van der Waals surface area (Å²) in [5, 5.41) is 9.69. The molecule has 0 spiro atoms. The molecule has 1 fully saturated rings. The predicted molar refractivity (Wildman–Crippen MR) is 72.5 cm³/mol. The van der Waals surface area contributed by atoms with E-state index in [1.165, 1.54) is 0 Å². The lowest BCUT2D eigenvalue weighted by molar-refractivity contribution is 0.180. The van der Waals surface area contributed by atoms with E-state index >= 15 is 0 Å². The fourth-order valence-electron chi connectivity index (χ4n) is 1.99. The zero-order chi connectivity index (χ0) is 13.3. The topological polar surface area (TPSA) is 63.6 Å². The van der Waals surface area contributed by atoms with Gasteiger partial charge in [0.05, 0.1) is 17.6 Å². The van der Waals surface area contributed by atoms with Gasteiger partial charge >= 0.3 is 0 Å². The highest BCUT2D eigenvalue weighted by atomic mass is 79.9. The Hall–Kier alpha value is -0.590. The van der Waals surface area contributed by atoms with E-state index in [0.29, 0.717) is 17.7 Å². The van der Waals surface area contributed by atoms with Crippen LogP contribution in [-0.4, -0.2) is 31.1 Å². The van der Waals surface area contributed by atoms with Crippen molar-refractivity contribution >= 4 is 25.8 Å². The number of aliphatic hydroxyl groups excluding tert-OH is 1. The van der Waals surface area contributed by atoms with Crippen LogP contribution in [0.2, 0.25) is 0 Å². The minimum Gasteiger partial charge on any atom is -0.489 e. The maximum atomic E-state index is 11.4. The van der Waals surface area contributed by atoms with Crippen molar-refractivity contribution in [2.75, 3.05) is 11.5 Å². The first-order valence-electron chi connectivity index (χ1n) is 5.72. The third-order valence-electron chi connectivity index (χ3n) is 2.91. The third-order valence-corrected chi connectivity index (χ3v) is 5.14. The zero-order valence-corrected chi connectivity index (χ0v) is 12.4. The molecule has 100 valence electrons. The van der Waals surface area contributed by atoms with Crippen molar-refractivity contribution in [1.29, 1.82) is 0 Å². The predicted octanol–water partition coefficient (Wildman–Crippen LogP) is 2.07. The maximum absolute atomic E-state index is 11.4. The van der Waals surface area contributed by atoms with Crippen LogP contribution in [0.15, 0.2) is 22.7 Å². The normalized spacial score (nSPS) is 23.8. The number of rotatable bonds is 3. The fraction of sp³-hybridized carbons (Fsp3) is 0.500. The Bertz CT molecular complexity index is 539. The summed E-state index contributed by atoms with van der Waals surface area (Å²) in [7, 11) is -2.95. The Morgan fingerprint density at radius 2 is 2.22 bits per heavy atom. The first kappa shape index (κ1) is 13.8. The van der Waals surface area contributed by atoms with Gasteiger partial charge in [-0.05, 0) is 31.5 Å². The van der Waals surface area contributed by atoms with Crippen LogP contribution in [0.25, 0.3) is 0 Å². The standard InChI is InChI=1S/C12H15BrO4S/c1-8(14)11-6-9(13)2-3-12(11)17-10-4-5-18(15,16)7-10/h2-3,6,8,10,14H,4-5,7H2,1H3/t8-,10?/m0/s1. The van der Waals surface area contributed by atoms with Gasteiger partial charge in [-0.2, -0.15) is 0 Å². The molecular formula is C12H15BrO4S. The van der Waals surface area contributed by atoms with Gasteiger partial charge in [-0.25, -0.2) is 8.42 Å². The van der Waals surface area contributed by atoms with Gasteiger partial charge in [0.1, 0.15) is 11.9 Å². The smallest absolute Gasteiger partial charge is 0.154 e. The van der Waals surface area contributed by atoms with Crippen molar-refractivity contribution in [2.45, 2.75) is 25.6 Å². The van der Waals surface area contributed by atoms with Gasteiger partial charge in [0.25, 0.3) is 0 Å². The summed E-state index contributed by atoms with van der Waals surface area (Å²) < 4.78 is 29.3. The number of hydrogen-bond acceptors (Lipinski definition) is 4.